The van der Waals surface area contributed by atoms with Crippen molar-refractivity contribution >= 4 is 12.3 Å². The van der Waals surface area contributed by atoms with E-state index in [4.69, 9.17) is 0 Å². The van der Waals surface area contributed by atoms with Crippen LogP contribution in [0.3, 0.4) is 0 Å². The van der Waals surface area contributed by atoms with Gasteiger partial charge < -0.3 is 9.53 Å². The zero-order valence-electron chi connectivity index (χ0n) is 8.66. The highest BCUT2D eigenvalue weighted by Crippen LogP contribution is 2.02. The van der Waals surface area contributed by atoms with Gasteiger partial charge in [0.15, 0.2) is 0 Å². The van der Waals surface area contributed by atoms with Crippen LogP contribution in [0, 0.1) is 0 Å². The third-order valence-electron chi connectivity index (χ3n) is 1.69. The lowest BCUT2D eigenvalue weighted by molar-refractivity contribution is -0.139. The molecule has 0 fully saturated rings. The predicted octanol–water partition coefficient (Wildman–Crippen LogP) is 2.03. The number of carbonyl (C=O) groups is 2. The third kappa shape index (κ3) is 7.28. The van der Waals surface area contributed by atoms with Crippen molar-refractivity contribution in [1.82, 2.24) is 0 Å². The number of ether oxygens (including phenoxy) is 1. The van der Waals surface area contributed by atoms with E-state index < -0.39 is 0 Å². The summed E-state index contributed by atoms with van der Waals surface area (Å²) in [5.41, 5.74) is 1.12. The monoisotopic (exact) mass is 196 g/mol. The Morgan fingerprint density at radius 2 is 2.14 bits per heavy atom. The molecule has 3 nitrogen and oxygen atoms in total. The Hall–Kier alpha value is -1.38. The number of hydrogen-bond acceptors (Lipinski definition) is 3. The molecular weight excluding hydrogens is 180 g/mol. The minimum absolute atomic E-state index is 0.250. The summed E-state index contributed by atoms with van der Waals surface area (Å²) in [7, 11) is 1.36. The molecule has 0 saturated carbocycles. The first kappa shape index (κ1) is 12.6. The molecule has 0 aliphatic carbocycles. The van der Waals surface area contributed by atoms with Crippen molar-refractivity contribution in [3.8, 4) is 0 Å². The number of methoxy groups -OCH3 is 1. The Balaban J connectivity index is 3.77. The highest BCUT2D eigenvalue weighted by molar-refractivity contribution is 5.70. The van der Waals surface area contributed by atoms with E-state index in [2.05, 4.69) is 4.74 Å². The fraction of sp³-hybridized carbons (Fsp3) is 0.455. The van der Waals surface area contributed by atoms with Crippen LogP contribution in [0.25, 0.3) is 0 Å². The molecule has 0 heterocycles. The predicted molar refractivity (Wildman–Crippen MR) is 54.8 cm³/mol. The molecule has 78 valence electrons. The molecule has 0 saturated heterocycles. The van der Waals surface area contributed by atoms with Crippen LogP contribution in [-0.4, -0.2) is 19.4 Å². The number of rotatable bonds is 6. The topological polar surface area (TPSA) is 43.4 Å². The van der Waals surface area contributed by atoms with Crippen LogP contribution >= 0.6 is 0 Å². The van der Waals surface area contributed by atoms with Gasteiger partial charge in [-0.05, 0) is 13.3 Å². The molecule has 0 aliphatic rings. The second-order valence-electron chi connectivity index (χ2n) is 2.93. The van der Waals surface area contributed by atoms with Gasteiger partial charge in [-0.2, -0.15) is 0 Å². The van der Waals surface area contributed by atoms with E-state index in [0.29, 0.717) is 6.42 Å². The van der Waals surface area contributed by atoms with Crippen LogP contribution in [0.1, 0.15) is 26.2 Å². The average molecular weight is 196 g/mol. The number of aldehydes is 1. The summed E-state index contributed by atoms with van der Waals surface area (Å²) in [6, 6.07) is 0. The summed E-state index contributed by atoms with van der Waals surface area (Å²) in [5.74, 6) is -0.250. The van der Waals surface area contributed by atoms with E-state index >= 15 is 0 Å². The molecule has 3 heteroatoms. The van der Waals surface area contributed by atoms with E-state index in [-0.39, 0.29) is 12.4 Å². The zero-order valence-corrected chi connectivity index (χ0v) is 8.66. The summed E-state index contributed by atoms with van der Waals surface area (Å²) in [6.07, 6.45) is 7.93. The molecular formula is C11H16O3. The van der Waals surface area contributed by atoms with E-state index in [1.165, 1.54) is 7.11 Å². The highest BCUT2D eigenvalue weighted by atomic mass is 16.5. The molecule has 0 unspecified atom stereocenters. The highest BCUT2D eigenvalue weighted by Gasteiger charge is 1.92. The quantitative estimate of drug-likeness (QED) is 0.371. The van der Waals surface area contributed by atoms with Gasteiger partial charge in [0.1, 0.15) is 6.29 Å². The Labute approximate surface area is 84.4 Å². The Kier molecular flexibility index (Phi) is 7.42. The van der Waals surface area contributed by atoms with Crippen molar-refractivity contribution < 1.29 is 14.3 Å². The van der Waals surface area contributed by atoms with Gasteiger partial charge in [-0.1, -0.05) is 23.8 Å². The van der Waals surface area contributed by atoms with Crippen LogP contribution in [-0.2, 0) is 14.3 Å². The Morgan fingerprint density at radius 3 is 2.71 bits per heavy atom. The molecule has 0 aromatic heterocycles. The SMILES string of the molecule is COC(=O)C/C=C\C=C(\C)CCC=O. The molecule has 14 heavy (non-hydrogen) atoms. The summed E-state index contributed by atoms with van der Waals surface area (Å²) in [4.78, 5) is 20.7. The number of hydrogen-bond donors (Lipinski definition) is 0. The Bertz CT molecular complexity index is 239. The molecule has 0 rings (SSSR count). The second-order valence-corrected chi connectivity index (χ2v) is 2.93. The summed E-state index contributed by atoms with van der Waals surface area (Å²) in [5, 5.41) is 0. The number of allylic oxidation sites excluding steroid dienone is 3. The maximum atomic E-state index is 10.7. The minimum Gasteiger partial charge on any atom is -0.469 e. The molecule has 0 amide bonds. The maximum Gasteiger partial charge on any atom is 0.309 e. The lowest BCUT2D eigenvalue weighted by Gasteiger charge is -1.93. The molecule has 0 spiro atoms. The standard InChI is InChI=1S/C11H16O3/c1-10(7-5-9-12)6-3-4-8-11(13)14-2/h3-4,6,9H,5,7-8H2,1-2H3/b4-3-,10-6-. The minimum atomic E-state index is -0.250. The molecule has 0 atom stereocenters. The van der Waals surface area contributed by atoms with E-state index in [9.17, 15) is 9.59 Å². The van der Waals surface area contributed by atoms with Gasteiger partial charge in [-0.25, -0.2) is 0 Å². The van der Waals surface area contributed by atoms with Crippen molar-refractivity contribution in [2.24, 2.45) is 0 Å². The molecule has 0 radical (unpaired) electrons. The van der Waals surface area contributed by atoms with Gasteiger partial charge in [-0.15, -0.1) is 0 Å². The summed E-state index contributed by atoms with van der Waals surface area (Å²) < 4.78 is 4.46. The van der Waals surface area contributed by atoms with Crippen molar-refractivity contribution in [2.75, 3.05) is 7.11 Å². The van der Waals surface area contributed by atoms with Crippen molar-refractivity contribution in [3.05, 3.63) is 23.8 Å². The van der Waals surface area contributed by atoms with E-state index in [1.807, 2.05) is 13.0 Å². The van der Waals surface area contributed by atoms with Crippen molar-refractivity contribution in [2.45, 2.75) is 26.2 Å². The van der Waals surface area contributed by atoms with E-state index in [0.717, 1.165) is 18.3 Å². The van der Waals surface area contributed by atoms with Crippen LogP contribution in [0.15, 0.2) is 23.8 Å². The lowest BCUT2D eigenvalue weighted by atomic mass is 10.1. The fourth-order valence-electron chi connectivity index (χ4n) is 0.850. The molecule has 0 N–H and O–H groups in total. The van der Waals surface area contributed by atoms with E-state index in [1.54, 1.807) is 12.2 Å². The number of carbonyl (C=O) groups excluding carboxylic acids is 2. The van der Waals surface area contributed by atoms with Gasteiger partial charge >= 0.3 is 5.97 Å². The van der Waals surface area contributed by atoms with Crippen LogP contribution < -0.4 is 0 Å². The normalized spacial score (nSPS) is 11.7. The molecule has 0 aromatic carbocycles. The fourth-order valence-corrected chi connectivity index (χ4v) is 0.850. The average Bonchev–Trinajstić information content (AvgIpc) is 2.21. The first-order valence-corrected chi connectivity index (χ1v) is 4.53. The number of esters is 1. The van der Waals surface area contributed by atoms with Gasteiger partial charge in [0, 0.05) is 6.42 Å². The van der Waals surface area contributed by atoms with Crippen LogP contribution in [0.5, 0.6) is 0 Å². The van der Waals surface area contributed by atoms with Gasteiger partial charge in [0.25, 0.3) is 0 Å². The van der Waals surface area contributed by atoms with Crippen LogP contribution in [0.4, 0.5) is 0 Å². The van der Waals surface area contributed by atoms with Crippen LogP contribution in [0.2, 0.25) is 0 Å². The first-order chi connectivity index (χ1) is 6.70. The smallest absolute Gasteiger partial charge is 0.309 e. The third-order valence-corrected chi connectivity index (χ3v) is 1.69. The van der Waals surface area contributed by atoms with Gasteiger partial charge in [0.05, 0.1) is 13.5 Å². The van der Waals surface area contributed by atoms with Crippen molar-refractivity contribution in [1.29, 1.82) is 0 Å². The van der Waals surface area contributed by atoms with Gasteiger partial charge in [0.2, 0.25) is 0 Å². The molecule has 0 aromatic rings. The summed E-state index contributed by atoms with van der Waals surface area (Å²) >= 11 is 0. The van der Waals surface area contributed by atoms with Gasteiger partial charge in [-0.3, -0.25) is 4.79 Å². The molecule has 0 bridgehead atoms. The Morgan fingerprint density at radius 1 is 1.43 bits per heavy atom. The molecule has 0 aliphatic heterocycles. The summed E-state index contributed by atoms with van der Waals surface area (Å²) in [6.45, 7) is 1.95. The maximum absolute atomic E-state index is 10.7. The van der Waals surface area contributed by atoms with Crippen molar-refractivity contribution in [3.63, 3.8) is 0 Å². The second kappa shape index (κ2) is 8.23. The zero-order chi connectivity index (χ0) is 10.8. The lowest BCUT2D eigenvalue weighted by Crippen LogP contribution is -1.96. The first-order valence-electron chi connectivity index (χ1n) is 4.53. The largest absolute Gasteiger partial charge is 0.469 e.